The standard InChI is InChI=1S/C37H39Cl2N3O4S/c1-27-12-11-17-32(22-27)42(47(45,46)33-18-9-4-10-19-33)26-36(43)41(25-29-20-21-30(38)24-34(29)39)35(23-28-13-5-2-6-14-28)37(44)40-31-15-7-3-8-16-31/h2,4-6,9-14,17-22,24,31,35H,3,7-8,15-16,23,25-26H2,1H3,(H,40,44)/t35-/m0/s1. The van der Waals surface area contributed by atoms with Gasteiger partial charge in [0.25, 0.3) is 10.0 Å². The lowest BCUT2D eigenvalue weighted by Gasteiger charge is -2.35. The van der Waals surface area contributed by atoms with E-state index < -0.39 is 28.5 Å². The Bertz CT molecular complexity index is 1780. The van der Waals surface area contributed by atoms with E-state index in [1.54, 1.807) is 54.6 Å². The lowest BCUT2D eigenvalue weighted by molar-refractivity contribution is -0.140. The Labute approximate surface area is 287 Å². The highest BCUT2D eigenvalue weighted by Gasteiger charge is 2.35. The van der Waals surface area contributed by atoms with Crippen LogP contribution in [0.25, 0.3) is 0 Å². The number of hydrogen-bond acceptors (Lipinski definition) is 4. The van der Waals surface area contributed by atoms with E-state index in [-0.39, 0.29) is 29.8 Å². The van der Waals surface area contributed by atoms with Gasteiger partial charge in [-0.25, -0.2) is 8.42 Å². The zero-order valence-corrected chi connectivity index (χ0v) is 28.6. The van der Waals surface area contributed by atoms with E-state index in [9.17, 15) is 18.0 Å². The number of sulfonamides is 1. The van der Waals surface area contributed by atoms with E-state index in [0.717, 1.165) is 47.5 Å². The molecule has 1 fully saturated rings. The largest absolute Gasteiger partial charge is 0.352 e. The van der Waals surface area contributed by atoms with Crippen molar-refractivity contribution in [2.24, 2.45) is 0 Å². The minimum absolute atomic E-state index is 0.00726. The predicted molar refractivity (Wildman–Crippen MR) is 188 cm³/mol. The van der Waals surface area contributed by atoms with Crippen LogP contribution in [0.5, 0.6) is 0 Å². The molecule has 1 aliphatic rings. The van der Waals surface area contributed by atoms with Gasteiger partial charge in [0.05, 0.1) is 10.6 Å². The summed E-state index contributed by atoms with van der Waals surface area (Å²) in [5.41, 5.74) is 2.63. The maximum absolute atomic E-state index is 14.7. The monoisotopic (exact) mass is 691 g/mol. The molecule has 1 saturated carbocycles. The molecule has 0 aromatic heterocycles. The molecule has 10 heteroatoms. The van der Waals surface area contributed by atoms with E-state index in [2.05, 4.69) is 5.32 Å². The summed E-state index contributed by atoms with van der Waals surface area (Å²) in [6.45, 7) is 1.30. The topological polar surface area (TPSA) is 86.8 Å². The molecule has 246 valence electrons. The van der Waals surface area contributed by atoms with Crippen LogP contribution >= 0.6 is 23.2 Å². The molecule has 4 aromatic rings. The van der Waals surface area contributed by atoms with Crippen LogP contribution < -0.4 is 9.62 Å². The van der Waals surface area contributed by atoms with Crippen LogP contribution in [-0.2, 0) is 32.6 Å². The molecule has 0 unspecified atom stereocenters. The van der Waals surface area contributed by atoms with Crippen LogP contribution in [0.2, 0.25) is 10.0 Å². The van der Waals surface area contributed by atoms with Gasteiger partial charge in [0, 0.05) is 29.1 Å². The number of halogens is 2. The van der Waals surface area contributed by atoms with Crippen molar-refractivity contribution in [3.05, 3.63) is 130 Å². The molecule has 5 rings (SSSR count). The van der Waals surface area contributed by atoms with Gasteiger partial charge in [-0.15, -0.1) is 0 Å². The summed E-state index contributed by atoms with van der Waals surface area (Å²) >= 11 is 12.8. The van der Waals surface area contributed by atoms with Crippen molar-refractivity contribution in [2.75, 3.05) is 10.8 Å². The summed E-state index contributed by atoms with van der Waals surface area (Å²) in [7, 11) is -4.17. The first kappa shape index (κ1) is 34.5. The molecule has 47 heavy (non-hydrogen) atoms. The van der Waals surface area contributed by atoms with Crippen molar-refractivity contribution in [1.82, 2.24) is 10.2 Å². The van der Waals surface area contributed by atoms with Crippen LogP contribution in [0.3, 0.4) is 0 Å². The fourth-order valence-corrected chi connectivity index (χ4v) is 7.86. The third kappa shape index (κ3) is 8.95. The van der Waals surface area contributed by atoms with Crippen molar-refractivity contribution in [3.63, 3.8) is 0 Å². The van der Waals surface area contributed by atoms with Crippen molar-refractivity contribution < 1.29 is 18.0 Å². The Morgan fingerprint density at radius 3 is 2.19 bits per heavy atom. The molecular formula is C37H39Cl2N3O4S. The first-order valence-electron chi connectivity index (χ1n) is 15.8. The third-order valence-corrected chi connectivity index (χ3v) is 10.9. The summed E-state index contributed by atoms with van der Waals surface area (Å²) in [4.78, 5) is 30.4. The average molecular weight is 693 g/mol. The molecule has 7 nitrogen and oxygen atoms in total. The van der Waals surface area contributed by atoms with Crippen molar-refractivity contribution in [3.8, 4) is 0 Å². The maximum atomic E-state index is 14.7. The Morgan fingerprint density at radius 2 is 1.53 bits per heavy atom. The Morgan fingerprint density at radius 1 is 0.851 bits per heavy atom. The molecule has 0 radical (unpaired) electrons. The summed E-state index contributed by atoms with van der Waals surface area (Å²) in [6, 6.07) is 28.6. The fourth-order valence-electron chi connectivity index (χ4n) is 5.96. The molecule has 0 saturated heterocycles. The Hall–Kier alpha value is -3.85. The molecule has 4 aromatic carbocycles. The van der Waals surface area contributed by atoms with Crippen molar-refractivity contribution in [1.29, 1.82) is 0 Å². The zero-order chi connectivity index (χ0) is 33.4. The van der Waals surface area contributed by atoms with E-state index >= 15 is 0 Å². The van der Waals surface area contributed by atoms with Gasteiger partial charge in [-0.1, -0.05) is 109 Å². The molecule has 0 bridgehead atoms. The molecule has 1 atom stereocenters. The van der Waals surface area contributed by atoms with Gasteiger partial charge in [0.1, 0.15) is 12.6 Å². The second kappa shape index (κ2) is 15.8. The minimum atomic E-state index is -4.17. The van der Waals surface area contributed by atoms with E-state index in [0.29, 0.717) is 21.3 Å². The highest BCUT2D eigenvalue weighted by Crippen LogP contribution is 2.28. The Balaban J connectivity index is 1.58. The van der Waals surface area contributed by atoms with Crippen molar-refractivity contribution in [2.45, 2.75) is 69.0 Å². The summed E-state index contributed by atoms with van der Waals surface area (Å²) in [6.07, 6.45) is 5.16. The van der Waals surface area contributed by atoms with Gasteiger partial charge in [-0.05, 0) is 72.9 Å². The SMILES string of the molecule is Cc1cccc(N(CC(=O)N(Cc2ccc(Cl)cc2Cl)[C@@H](Cc2ccccc2)C(=O)NC2CCCCC2)S(=O)(=O)c2ccccc2)c1. The van der Waals surface area contributed by atoms with Gasteiger partial charge >= 0.3 is 0 Å². The number of nitrogens with zero attached hydrogens (tertiary/aromatic N) is 2. The number of carbonyl (C=O) groups excluding carboxylic acids is 2. The number of amides is 2. The molecule has 2 amide bonds. The molecule has 1 N–H and O–H groups in total. The zero-order valence-electron chi connectivity index (χ0n) is 26.3. The quantitative estimate of drug-likeness (QED) is 0.166. The van der Waals surface area contributed by atoms with E-state index in [4.69, 9.17) is 23.2 Å². The van der Waals surface area contributed by atoms with Crippen LogP contribution in [0.15, 0.2) is 108 Å². The van der Waals surface area contributed by atoms with Gasteiger partial charge in [-0.3, -0.25) is 13.9 Å². The van der Waals surface area contributed by atoms with Gasteiger partial charge in [0.15, 0.2) is 0 Å². The number of nitrogens with one attached hydrogen (secondary N) is 1. The van der Waals surface area contributed by atoms with Crippen LogP contribution in [-0.4, -0.2) is 43.8 Å². The molecule has 0 heterocycles. The van der Waals surface area contributed by atoms with Gasteiger partial charge in [0.2, 0.25) is 11.8 Å². The molecule has 1 aliphatic carbocycles. The van der Waals surface area contributed by atoms with Gasteiger partial charge < -0.3 is 10.2 Å². The van der Waals surface area contributed by atoms with E-state index in [1.807, 2.05) is 43.3 Å². The number of aryl methyl sites for hydroxylation is 1. The van der Waals surface area contributed by atoms with Crippen LogP contribution in [0, 0.1) is 6.92 Å². The lowest BCUT2D eigenvalue weighted by atomic mass is 9.94. The summed E-state index contributed by atoms with van der Waals surface area (Å²) < 4.78 is 29.4. The number of anilines is 1. The number of hydrogen-bond donors (Lipinski definition) is 1. The second-order valence-corrected chi connectivity index (χ2v) is 14.7. The smallest absolute Gasteiger partial charge is 0.264 e. The first-order valence-corrected chi connectivity index (χ1v) is 18.0. The number of carbonyl (C=O) groups is 2. The molecule has 0 spiro atoms. The third-order valence-electron chi connectivity index (χ3n) is 8.48. The average Bonchev–Trinajstić information content (AvgIpc) is 3.07. The highest BCUT2D eigenvalue weighted by molar-refractivity contribution is 7.92. The highest BCUT2D eigenvalue weighted by atomic mass is 35.5. The normalized spacial score (nSPS) is 14.3. The van der Waals surface area contributed by atoms with Gasteiger partial charge in [-0.2, -0.15) is 0 Å². The predicted octanol–water partition coefficient (Wildman–Crippen LogP) is 7.59. The fraction of sp³-hybridized carbons (Fsp3) is 0.297. The number of benzene rings is 4. The first-order chi connectivity index (χ1) is 22.6. The van der Waals surface area contributed by atoms with Crippen LogP contribution in [0.1, 0.15) is 48.8 Å². The second-order valence-electron chi connectivity index (χ2n) is 12.0. The molecule has 0 aliphatic heterocycles. The minimum Gasteiger partial charge on any atom is -0.352 e. The molecular weight excluding hydrogens is 653 g/mol. The number of rotatable bonds is 12. The van der Waals surface area contributed by atoms with Crippen LogP contribution in [0.4, 0.5) is 5.69 Å². The summed E-state index contributed by atoms with van der Waals surface area (Å²) in [5, 5.41) is 3.99. The maximum Gasteiger partial charge on any atom is 0.264 e. The van der Waals surface area contributed by atoms with E-state index in [1.165, 1.54) is 17.0 Å². The lowest BCUT2D eigenvalue weighted by Crippen LogP contribution is -2.55. The Kier molecular flexibility index (Phi) is 11.6. The summed E-state index contributed by atoms with van der Waals surface area (Å²) in [5.74, 6) is -0.830. The van der Waals surface area contributed by atoms with Crippen molar-refractivity contribution >= 4 is 50.7 Å².